The number of methoxy groups -OCH3 is 2. The molecule has 0 unspecified atom stereocenters. The summed E-state index contributed by atoms with van der Waals surface area (Å²) in [5, 5.41) is 14.1. The van der Waals surface area contributed by atoms with Crippen molar-refractivity contribution < 1.29 is 23.9 Å². The van der Waals surface area contributed by atoms with Gasteiger partial charge in [-0.05, 0) is 37.1 Å². The first-order valence-electron chi connectivity index (χ1n) is 11.2. The van der Waals surface area contributed by atoms with Crippen LogP contribution in [0.15, 0.2) is 34.8 Å². The van der Waals surface area contributed by atoms with Crippen LogP contribution in [0.2, 0.25) is 0 Å². The summed E-state index contributed by atoms with van der Waals surface area (Å²) in [5.74, 6) is -0.755. The Morgan fingerprint density at radius 1 is 1.06 bits per heavy atom. The number of esters is 2. The molecule has 35 heavy (non-hydrogen) atoms. The van der Waals surface area contributed by atoms with Crippen LogP contribution < -0.4 is 5.32 Å². The molecule has 0 saturated heterocycles. The zero-order valence-corrected chi connectivity index (χ0v) is 21.8. The highest BCUT2D eigenvalue weighted by Gasteiger charge is 2.19. The van der Waals surface area contributed by atoms with Gasteiger partial charge in [0, 0.05) is 22.4 Å². The molecule has 0 saturated carbocycles. The summed E-state index contributed by atoms with van der Waals surface area (Å²) in [7, 11) is 2.50. The molecule has 1 amide bonds. The summed E-state index contributed by atoms with van der Waals surface area (Å²) < 4.78 is 11.5. The maximum atomic E-state index is 12.8. The molecule has 0 radical (unpaired) electrons. The standard InChI is InChI=1S/C24H28N4O5S2/c1-5-7-17-11-16(13-34-17)21-26-27-24(28(21)10-6-2)35-14-20(29)25-19-12-15(22(30)32-3)8-9-18(19)23(31)33-4/h8-9,11-13H,5-7,10,14H2,1-4H3,(H,25,29). The lowest BCUT2D eigenvalue weighted by atomic mass is 10.1. The molecule has 0 fully saturated rings. The van der Waals surface area contributed by atoms with Gasteiger partial charge in [0.15, 0.2) is 11.0 Å². The molecule has 186 valence electrons. The quantitative estimate of drug-likeness (QED) is 0.289. The molecule has 3 rings (SSSR count). The zero-order chi connectivity index (χ0) is 25.4. The predicted molar refractivity (Wildman–Crippen MR) is 136 cm³/mol. The molecule has 0 aliphatic rings. The van der Waals surface area contributed by atoms with Gasteiger partial charge in [0.1, 0.15) is 0 Å². The van der Waals surface area contributed by atoms with Gasteiger partial charge in [-0.2, -0.15) is 0 Å². The molecule has 9 nitrogen and oxygen atoms in total. The molecular weight excluding hydrogens is 488 g/mol. The molecule has 0 aliphatic carbocycles. The van der Waals surface area contributed by atoms with E-state index in [1.165, 1.54) is 49.1 Å². The van der Waals surface area contributed by atoms with Crippen molar-refractivity contribution >= 4 is 46.6 Å². The van der Waals surface area contributed by atoms with E-state index in [2.05, 4.69) is 40.8 Å². The molecule has 1 N–H and O–H groups in total. The Bertz CT molecular complexity index is 1200. The third-order valence-corrected chi connectivity index (χ3v) is 6.99. The Kier molecular flexibility index (Phi) is 9.44. The second-order valence-electron chi connectivity index (χ2n) is 7.59. The van der Waals surface area contributed by atoms with Crippen LogP contribution in [0.25, 0.3) is 11.4 Å². The number of thioether (sulfide) groups is 1. The number of nitrogens with one attached hydrogen (secondary N) is 1. The van der Waals surface area contributed by atoms with Crippen LogP contribution in [0.3, 0.4) is 0 Å². The lowest BCUT2D eigenvalue weighted by molar-refractivity contribution is -0.113. The summed E-state index contributed by atoms with van der Waals surface area (Å²) in [4.78, 5) is 38.1. The van der Waals surface area contributed by atoms with E-state index in [1.54, 1.807) is 11.3 Å². The van der Waals surface area contributed by atoms with E-state index in [0.29, 0.717) is 5.16 Å². The first kappa shape index (κ1) is 26.4. The zero-order valence-electron chi connectivity index (χ0n) is 20.1. The predicted octanol–water partition coefficient (Wildman–Crippen LogP) is 4.67. The number of hydrogen-bond acceptors (Lipinski definition) is 9. The van der Waals surface area contributed by atoms with Crippen LogP contribution >= 0.6 is 23.1 Å². The van der Waals surface area contributed by atoms with Crippen molar-refractivity contribution in [2.24, 2.45) is 0 Å². The molecule has 2 heterocycles. The first-order valence-corrected chi connectivity index (χ1v) is 13.0. The van der Waals surface area contributed by atoms with Gasteiger partial charge in [-0.25, -0.2) is 9.59 Å². The van der Waals surface area contributed by atoms with Crippen LogP contribution in [-0.2, 0) is 27.2 Å². The van der Waals surface area contributed by atoms with Crippen molar-refractivity contribution in [1.82, 2.24) is 14.8 Å². The summed E-state index contributed by atoms with van der Waals surface area (Å²) in [6.07, 6.45) is 3.00. The van der Waals surface area contributed by atoms with E-state index < -0.39 is 11.9 Å². The second-order valence-corrected chi connectivity index (χ2v) is 9.53. The highest BCUT2D eigenvalue weighted by Crippen LogP contribution is 2.29. The number of carbonyl (C=O) groups excluding carboxylic acids is 3. The average molecular weight is 517 g/mol. The van der Waals surface area contributed by atoms with Gasteiger partial charge in [-0.3, -0.25) is 4.79 Å². The van der Waals surface area contributed by atoms with Crippen molar-refractivity contribution in [3.8, 4) is 11.4 Å². The summed E-state index contributed by atoms with van der Waals surface area (Å²) in [6.45, 7) is 4.95. The normalized spacial score (nSPS) is 10.7. The molecule has 1 aromatic carbocycles. The van der Waals surface area contributed by atoms with Crippen LogP contribution in [0.4, 0.5) is 5.69 Å². The van der Waals surface area contributed by atoms with Crippen molar-refractivity contribution in [3.63, 3.8) is 0 Å². The third kappa shape index (κ3) is 6.49. The molecule has 11 heteroatoms. The largest absolute Gasteiger partial charge is 0.465 e. The van der Waals surface area contributed by atoms with Crippen LogP contribution in [0.1, 0.15) is 52.3 Å². The molecule has 3 aromatic rings. The number of thiophene rings is 1. The fourth-order valence-electron chi connectivity index (χ4n) is 3.41. The molecule has 2 aromatic heterocycles. The highest BCUT2D eigenvalue weighted by atomic mass is 32.2. The Labute approximate surface area is 212 Å². The number of nitrogens with zero attached hydrogens (tertiary/aromatic N) is 3. The van der Waals surface area contributed by atoms with Crippen molar-refractivity contribution in [1.29, 1.82) is 0 Å². The van der Waals surface area contributed by atoms with Gasteiger partial charge in [0.2, 0.25) is 5.91 Å². The minimum absolute atomic E-state index is 0.0373. The Morgan fingerprint density at radius 2 is 1.83 bits per heavy atom. The maximum absolute atomic E-state index is 12.8. The van der Waals surface area contributed by atoms with E-state index in [0.717, 1.165) is 37.2 Å². The summed E-state index contributed by atoms with van der Waals surface area (Å²) in [5.41, 5.74) is 1.53. The lowest BCUT2D eigenvalue weighted by Crippen LogP contribution is -2.18. The third-order valence-electron chi connectivity index (χ3n) is 5.02. The Hall–Kier alpha value is -3.18. The Morgan fingerprint density at radius 3 is 2.51 bits per heavy atom. The topological polar surface area (TPSA) is 112 Å². The van der Waals surface area contributed by atoms with Crippen molar-refractivity contribution in [2.75, 3.05) is 25.3 Å². The number of benzene rings is 1. The van der Waals surface area contributed by atoms with Crippen molar-refractivity contribution in [2.45, 2.75) is 44.8 Å². The Balaban J connectivity index is 1.76. The first-order chi connectivity index (χ1) is 16.9. The number of carbonyl (C=O) groups is 3. The molecule has 0 bridgehead atoms. The number of ether oxygens (including phenoxy) is 2. The molecule has 0 atom stereocenters. The van der Waals surface area contributed by atoms with Crippen molar-refractivity contribution in [3.05, 3.63) is 45.6 Å². The van der Waals surface area contributed by atoms with E-state index in [9.17, 15) is 14.4 Å². The number of rotatable bonds is 11. The van der Waals surface area contributed by atoms with E-state index in [-0.39, 0.29) is 28.5 Å². The van der Waals surface area contributed by atoms with E-state index in [1.807, 2.05) is 4.57 Å². The smallest absolute Gasteiger partial charge is 0.339 e. The van der Waals surface area contributed by atoms with Gasteiger partial charge in [0.25, 0.3) is 0 Å². The van der Waals surface area contributed by atoms with E-state index in [4.69, 9.17) is 9.47 Å². The van der Waals surface area contributed by atoms with Crippen LogP contribution in [-0.4, -0.2) is 52.6 Å². The number of anilines is 1. The van der Waals surface area contributed by atoms with E-state index >= 15 is 0 Å². The molecule has 0 aliphatic heterocycles. The number of amides is 1. The van der Waals surface area contributed by atoms with Gasteiger partial charge < -0.3 is 19.4 Å². The summed E-state index contributed by atoms with van der Waals surface area (Å²) in [6, 6.07) is 6.39. The second kappa shape index (κ2) is 12.5. The lowest BCUT2D eigenvalue weighted by Gasteiger charge is -2.12. The highest BCUT2D eigenvalue weighted by molar-refractivity contribution is 7.99. The minimum Gasteiger partial charge on any atom is -0.465 e. The number of aryl methyl sites for hydroxylation is 1. The SMILES string of the molecule is CCCc1cc(-c2nnc(SCC(=O)Nc3cc(C(=O)OC)ccc3C(=O)OC)n2CCC)cs1. The van der Waals surface area contributed by atoms with Crippen LogP contribution in [0, 0.1) is 0 Å². The van der Waals surface area contributed by atoms with Gasteiger partial charge in [-0.15, -0.1) is 21.5 Å². The van der Waals surface area contributed by atoms with Gasteiger partial charge >= 0.3 is 11.9 Å². The average Bonchev–Trinajstić information content (AvgIpc) is 3.49. The number of aromatic nitrogens is 3. The maximum Gasteiger partial charge on any atom is 0.339 e. The van der Waals surface area contributed by atoms with Crippen LogP contribution in [0.5, 0.6) is 0 Å². The number of hydrogen-bond donors (Lipinski definition) is 1. The van der Waals surface area contributed by atoms with Gasteiger partial charge in [0.05, 0.1) is 36.8 Å². The fraction of sp³-hybridized carbons (Fsp3) is 0.375. The minimum atomic E-state index is -0.630. The van der Waals surface area contributed by atoms with Gasteiger partial charge in [-0.1, -0.05) is 32.0 Å². The molecular formula is C24H28N4O5S2. The summed E-state index contributed by atoms with van der Waals surface area (Å²) >= 11 is 2.97. The molecule has 0 spiro atoms. The monoisotopic (exact) mass is 516 g/mol. The fourth-order valence-corrected chi connectivity index (χ4v) is 5.14.